The van der Waals surface area contributed by atoms with Gasteiger partial charge in [-0.1, -0.05) is 35.9 Å². The van der Waals surface area contributed by atoms with E-state index in [2.05, 4.69) is 5.32 Å². The SMILES string of the molecule is CCN(CC(=O)NCc1ccc(Cl)cc1)C(=O)CCCOc1cccc(C)c1. The summed E-state index contributed by atoms with van der Waals surface area (Å²) in [6.07, 6.45) is 0.958. The van der Waals surface area contributed by atoms with Crippen molar-refractivity contribution in [2.75, 3.05) is 19.7 Å². The monoisotopic (exact) mass is 402 g/mol. The topological polar surface area (TPSA) is 58.6 Å². The van der Waals surface area contributed by atoms with Crippen molar-refractivity contribution in [1.29, 1.82) is 0 Å². The Balaban J connectivity index is 1.69. The maximum Gasteiger partial charge on any atom is 0.239 e. The first-order valence-electron chi connectivity index (χ1n) is 9.46. The standard InChI is InChI=1S/C22H27ClN2O3/c1-3-25(16-21(26)24-15-18-9-11-19(23)12-10-18)22(27)8-5-13-28-20-7-4-6-17(2)14-20/h4,6-7,9-12,14H,3,5,8,13,15-16H2,1-2H3,(H,24,26). The molecule has 6 heteroatoms. The number of benzene rings is 2. The molecule has 0 radical (unpaired) electrons. The molecule has 2 amide bonds. The molecule has 2 aromatic rings. The summed E-state index contributed by atoms with van der Waals surface area (Å²) in [5.74, 6) is 0.583. The molecule has 0 saturated carbocycles. The van der Waals surface area contributed by atoms with E-state index >= 15 is 0 Å². The summed E-state index contributed by atoms with van der Waals surface area (Å²) in [5, 5.41) is 3.49. The van der Waals surface area contributed by atoms with Crippen molar-refractivity contribution < 1.29 is 14.3 Å². The first kappa shape index (κ1) is 21.8. The quantitative estimate of drug-likeness (QED) is 0.611. The highest BCUT2D eigenvalue weighted by Gasteiger charge is 2.15. The number of nitrogens with one attached hydrogen (secondary N) is 1. The zero-order valence-electron chi connectivity index (χ0n) is 16.4. The molecule has 2 aromatic carbocycles. The van der Waals surface area contributed by atoms with Gasteiger partial charge in [0.05, 0.1) is 13.2 Å². The van der Waals surface area contributed by atoms with Crippen LogP contribution in [-0.2, 0) is 16.1 Å². The van der Waals surface area contributed by atoms with Crippen LogP contribution in [0.3, 0.4) is 0 Å². The van der Waals surface area contributed by atoms with E-state index < -0.39 is 0 Å². The molecule has 0 unspecified atom stereocenters. The third-order valence-electron chi connectivity index (χ3n) is 4.27. The number of aryl methyl sites for hydroxylation is 1. The summed E-state index contributed by atoms with van der Waals surface area (Å²) < 4.78 is 5.67. The van der Waals surface area contributed by atoms with Crippen LogP contribution < -0.4 is 10.1 Å². The van der Waals surface area contributed by atoms with Crippen LogP contribution in [0, 0.1) is 6.92 Å². The number of nitrogens with zero attached hydrogens (tertiary/aromatic N) is 1. The highest BCUT2D eigenvalue weighted by molar-refractivity contribution is 6.30. The predicted octanol–water partition coefficient (Wildman–Crippen LogP) is 3.97. The summed E-state index contributed by atoms with van der Waals surface area (Å²) in [4.78, 5) is 26.1. The molecule has 0 aliphatic carbocycles. The molecular weight excluding hydrogens is 376 g/mol. The zero-order chi connectivity index (χ0) is 20.4. The first-order chi connectivity index (χ1) is 13.5. The number of rotatable bonds is 10. The van der Waals surface area contributed by atoms with Gasteiger partial charge in [-0.3, -0.25) is 9.59 Å². The van der Waals surface area contributed by atoms with Gasteiger partial charge in [-0.05, 0) is 55.7 Å². The largest absolute Gasteiger partial charge is 0.494 e. The number of ether oxygens (including phenoxy) is 1. The number of carbonyl (C=O) groups excluding carboxylic acids is 2. The third kappa shape index (κ3) is 7.61. The molecule has 0 saturated heterocycles. The van der Waals surface area contributed by atoms with Crippen molar-refractivity contribution in [2.45, 2.75) is 33.2 Å². The maximum absolute atomic E-state index is 12.4. The Morgan fingerprint density at radius 2 is 1.89 bits per heavy atom. The normalized spacial score (nSPS) is 10.4. The third-order valence-corrected chi connectivity index (χ3v) is 4.52. The number of likely N-dealkylation sites (N-methyl/N-ethyl adjacent to an activating group) is 1. The second-order valence-electron chi connectivity index (χ2n) is 6.58. The lowest BCUT2D eigenvalue weighted by atomic mass is 10.2. The maximum atomic E-state index is 12.4. The highest BCUT2D eigenvalue weighted by atomic mass is 35.5. The molecule has 0 heterocycles. The van der Waals surface area contributed by atoms with Crippen molar-refractivity contribution in [3.63, 3.8) is 0 Å². The summed E-state index contributed by atoms with van der Waals surface area (Å²) in [7, 11) is 0. The highest BCUT2D eigenvalue weighted by Crippen LogP contribution is 2.13. The molecule has 0 fully saturated rings. The lowest BCUT2D eigenvalue weighted by Gasteiger charge is -2.20. The fourth-order valence-electron chi connectivity index (χ4n) is 2.69. The molecule has 0 aliphatic heterocycles. The Kier molecular flexibility index (Phi) is 8.82. The van der Waals surface area contributed by atoms with Crippen LogP contribution in [0.2, 0.25) is 5.02 Å². The second-order valence-corrected chi connectivity index (χ2v) is 7.02. The van der Waals surface area contributed by atoms with Crippen LogP contribution in [0.4, 0.5) is 0 Å². The van der Waals surface area contributed by atoms with E-state index in [4.69, 9.17) is 16.3 Å². The summed E-state index contributed by atoms with van der Waals surface area (Å²) in [6.45, 7) is 5.30. The zero-order valence-corrected chi connectivity index (χ0v) is 17.2. The van der Waals surface area contributed by atoms with Crippen molar-refractivity contribution in [2.24, 2.45) is 0 Å². The summed E-state index contributed by atoms with van der Waals surface area (Å²) in [6, 6.07) is 15.1. The van der Waals surface area contributed by atoms with Gasteiger partial charge in [-0.2, -0.15) is 0 Å². The molecule has 5 nitrogen and oxygen atoms in total. The molecule has 0 aliphatic rings. The van der Waals surface area contributed by atoms with Gasteiger partial charge in [-0.15, -0.1) is 0 Å². The number of halogens is 1. The van der Waals surface area contributed by atoms with E-state index in [0.717, 1.165) is 16.9 Å². The molecule has 0 spiro atoms. The average Bonchev–Trinajstić information content (AvgIpc) is 2.69. The Morgan fingerprint density at radius 1 is 1.14 bits per heavy atom. The van der Waals surface area contributed by atoms with Gasteiger partial charge in [-0.25, -0.2) is 0 Å². The molecule has 2 rings (SSSR count). The number of amides is 2. The van der Waals surface area contributed by atoms with Crippen molar-refractivity contribution in [3.8, 4) is 5.75 Å². The van der Waals surface area contributed by atoms with Gasteiger partial charge in [0, 0.05) is 24.5 Å². The van der Waals surface area contributed by atoms with Crippen LogP contribution >= 0.6 is 11.6 Å². The molecule has 0 atom stereocenters. The van der Waals surface area contributed by atoms with E-state index in [9.17, 15) is 9.59 Å². The molecule has 0 bridgehead atoms. The smallest absolute Gasteiger partial charge is 0.239 e. The minimum absolute atomic E-state index is 0.0445. The van der Waals surface area contributed by atoms with Crippen LogP contribution in [0.1, 0.15) is 30.9 Å². The molecule has 1 N–H and O–H groups in total. The van der Waals surface area contributed by atoms with Gasteiger partial charge in [0.1, 0.15) is 5.75 Å². The summed E-state index contributed by atoms with van der Waals surface area (Å²) in [5.41, 5.74) is 2.09. The number of carbonyl (C=O) groups is 2. The van der Waals surface area contributed by atoms with E-state index in [1.807, 2.05) is 50.2 Å². The van der Waals surface area contributed by atoms with Gasteiger partial charge in [0.15, 0.2) is 0 Å². The second kappa shape index (κ2) is 11.3. The number of hydrogen-bond acceptors (Lipinski definition) is 3. The fourth-order valence-corrected chi connectivity index (χ4v) is 2.81. The van der Waals surface area contributed by atoms with Crippen molar-refractivity contribution >= 4 is 23.4 Å². The molecular formula is C22H27ClN2O3. The lowest BCUT2D eigenvalue weighted by molar-refractivity contribution is -0.136. The fraction of sp³-hybridized carbons (Fsp3) is 0.364. The van der Waals surface area contributed by atoms with Crippen LogP contribution in [0.25, 0.3) is 0 Å². The van der Waals surface area contributed by atoms with E-state index in [1.165, 1.54) is 0 Å². The minimum atomic E-state index is -0.179. The van der Waals surface area contributed by atoms with Crippen LogP contribution in [0.15, 0.2) is 48.5 Å². The lowest BCUT2D eigenvalue weighted by Crippen LogP contribution is -2.40. The van der Waals surface area contributed by atoms with Gasteiger partial charge < -0.3 is 15.0 Å². The van der Waals surface area contributed by atoms with Crippen molar-refractivity contribution in [1.82, 2.24) is 10.2 Å². The van der Waals surface area contributed by atoms with Crippen molar-refractivity contribution in [3.05, 3.63) is 64.7 Å². The first-order valence-corrected chi connectivity index (χ1v) is 9.84. The summed E-state index contributed by atoms with van der Waals surface area (Å²) >= 11 is 5.85. The van der Waals surface area contributed by atoms with E-state index in [-0.39, 0.29) is 18.4 Å². The molecule has 0 aromatic heterocycles. The minimum Gasteiger partial charge on any atom is -0.494 e. The van der Waals surface area contributed by atoms with Gasteiger partial charge in [0.2, 0.25) is 11.8 Å². The predicted molar refractivity (Wildman–Crippen MR) is 111 cm³/mol. The molecule has 28 heavy (non-hydrogen) atoms. The average molecular weight is 403 g/mol. The van der Waals surface area contributed by atoms with Gasteiger partial charge >= 0.3 is 0 Å². The van der Waals surface area contributed by atoms with Crippen LogP contribution in [-0.4, -0.2) is 36.4 Å². The molecule has 150 valence electrons. The Morgan fingerprint density at radius 3 is 2.57 bits per heavy atom. The Labute approximate surface area is 171 Å². The number of hydrogen-bond donors (Lipinski definition) is 1. The Bertz CT molecular complexity index is 778. The van der Waals surface area contributed by atoms with Gasteiger partial charge in [0.25, 0.3) is 0 Å². The van der Waals surface area contributed by atoms with E-state index in [1.54, 1.807) is 17.0 Å². The van der Waals surface area contributed by atoms with E-state index in [0.29, 0.717) is 37.6 Å². The Hall–Kier alpha value is -2.53. The van der Waals surface area contributed by atoms with Crippen LogP contribution in [0.5, 0.6) is 5.75 Å².